The summed E-state index contributed by atoms with van der Waals surface area (Å²) in [6.45, 7) is 1.43. The highest BCUT2D eigenvalue weighted by molar-refractivity contribution is 5.84. The van der Waals surface area contributed by atoms with E-state index < -0.39 is 12.1 Å². The van der Waals surface area contributed by atoms with Gasteiger partial charge in [0.25, 0.3) is 0 Å². The number of hydrogen-bond donors (Lipinski definition) is 3. The second-order valence-corrected chi connectivity index (χ2v) is 5.49. The average molecular weight is 390 g/mol. The Kier molecular flexibility index (Phi) is 8.69. The van der Waals surface area contributed by atoms with Gasteiger partial charge in [0, 0.05) is 13.1 Å². The zero-order chi connectivity index (χ0) is 20.4. The van der Waals surface area contributed by atoms with Crippen molar-refractivity contribution in [1.82, 2.24) is 15.8 Å². The minimum atomic E-state index is -5.08. The number of aliphatic carboxylic acids is 1. The van der Waals surface area contributed by atoms with Crippen LogP contribution in [0, 0.1) is 0 Å². The number of likely N-dealkylation sites (tertiary alicyclic amines) is 1. The quantitative estimate of drug-likeness (QED) is 0.497. The molecule has 1 saturated heterocycles. The van der Waals surface area contributed by atoms with E-state index in [9.17, 15) is 18.0 Å². The first-order valence-corrected chi connectivity index (χ1v) is 7.85. The maximum atomic E-state index is 12.0. The molecule has 3 N–H and O–H groups in total. The van der Waals surface area contributed by atoms with Crippen molar-refractivity contribution in [1.29, 1.82) is 0 Å². The van der Waals surface area contributed by atoms with Crippen LogP contribution in [0.3, 0.4) is 0 Å². The largest absolute Gasteiger partial charge is 0.490 e. The fraction of sp³-hybridized carbons (Fsp3) is 0.438. The van der Waals surface area contributed by atoms with Crippen molar-refractivity contribution in [2.75, 3.05) is 20.7 Å². The number of halogens is 3. The molecule has 0 aliphatic carbocycles. The Labute approximate surface area is 153 Å². The SMILES string of the molecule is CN[C@H]1CCN(Cc2cccc(C=NNOC)c2)C1=O.O=C(O)C(F)(F)F. The standard InChI is InChI=1S/C14H20N4O2.C2HF3O2/c1-15-13-6-7-18(14(13)19)10-12-5-3-4-11(8-12)9-16-17-20-2;3-2(4,5)1(6)7/h3-5,8-9,13,15,17H,6-7,10H2,1-2H3;(H,6,7)/t13-;/m0./s1. The molecule has 0 bridgehead atoms. The predicted octanol–water partition coefficient (Wildman–Crippen LogP) is 1.13. The summed E-state index contributed by atoms with van der Waals surface area (Å²) in [7, 11) is 3.33. The van der Waals surface area contributed by atoms with Gasteiger partial charge in [-0.15, -0.1) is 0 Å². The monoisotopic (exact) mass is 390 g/mol. The lowest BCUT2D eigenvalue weighted by Gasteiger charge is -2.16. The second-order valence-electron chi connectivity index (χ2n) is 5.49. The number of rotatable bonds is 6. The lowest BCUT2D eigenvalue weighted by atomic mass is 10.1. The topological polar surface area (TPSA) is 103 Å². The summed E-state index contributed by atoms with van der Waals surface area (Å²) in [6.07, 6.45) is -2.54. The Morgan fingerprint density at radius 3 is 2.67 bits per heavy atom. The van der Waals surface area contributed by atoms with E-state index in [1.54, 1.807) is 6.21 Å². The molecule has 0 radical (unpaired) electrons. The summed E-state index contributed by atoms with van der Waals surface area (Å²) in [6, 6.07) is 7.90. The first kappa shape index (κ1) is 22.4. The number of nitrogens with zero attached hydrogens (tertiary/aromatic N) is 2. The van der Waals surface area contributed by atoms with Gasteiger partial charge in [0.1, 0.15) is 0 Å². The van der Waals surface area contributed by atoms with E-state index in [0.29, 0.717) is 6.54 Å². The van der Waals surface area contributed by atoms with E-state index >= 15 is 0 Å². The number of carbonyl (C=O) groups is 2. The van der Waals surface area contributed by atoms with Crippen LogP contribution in [-0.2, 0) is 21.0 Å². The first-order chi connectivity index (χ1) is 12.7. The summed E-state index contributed by atoms with van der Waals surface area (Å²) in [5, 5.41) is 14.1. The molecule has 1 fully saturated rings. The van der Waals surface area contributed by atoms with Gasteiger partial charge in [0.2, 0.25) is 5.91 Å². The summed E-state index contributed by atoms with van der Waals surface area (Å²) >= 11 is 0. The Bertz CT molecular complexity index is 667. The van der Waals surface area contributed by atoms with Crippen molar-refractivity contribution in [2.24, 2.45) is 5.10 Å². The highest BCUT2D eigenvalue weighted by Crippen LogP contribution is 2.15. The Balaban J connectivity index is 0.000000445. The van der Waals surface area contributed by atoms with Gasteiger partial charge in [-0.1, -0.05) is 18.2 Å². The molecule has 0 unspecified atom stereocenters. The van der Waals surface area contributed by atoms with Crippen molar-refractivity contribution >= 4 is 18.1 Å². The zero-order valence-electron chi connectivity index (χ0n) is 14.8. The normalized spacial score (nSPS) is 17.0. The Morgan fingerprint density at radius 1 is 1.48 bits per heavy atom. The fourth-order valence-corrected chi connectivity index (χ4v) is 2.31. The maximum absolute atomic E-state index is 12.0. The fourth-order valence-electron chi connectivity index (χ4n) is 2.31. The molecular weight excluding hydrogens is 369 g/mol. The molecule has 0 saturated carbocycles. The molecule has 27 heavy (non-hydrogen) atoms. The molecule has 1 amide bonds. The minimum Gasteiger partial charge on any atom is -0.475 e. The lowest BCUT2D eigenvalue weighted by Crippen LogP contribution is -2.35. The molecule has 1 aromatic carbocycles. The molecule has 1 aliphatic rings. The van der Waals surface area contributed by atoms with Crippen LogP contribution in [0.25, 0.3) is 0 Å². The first-order valence-electron chi connectivity index (χ1n) is 7.85. The van der Waals surface area contributed by atoms with Crippen LogP contribution in [0.2, 0.25) is 0 Å². The maximum Gasteiger partial charge on any atom is 0.490 e. The van der Waals surface area contributed by atoms with E-state index in [-0.39, 0.29) is 11.9 Å². The van der Waals surface area contributed by atoms with E-state index in [1.807, 2.05) is 36.2 Å². The van der Waals surface area contributed by atoms with Gasteiger partial charge in [0.05, 0.1) is 19.4 Å². The molecule has 1 aliphatic heterocycles. The number of amides is 1. The molecule has 8 nitrogen and oxygen atoms in total. The second kappa shape index (κ2) is 10.5. The number of likely N-dealkylation sites (N-methyl/N-ethyl adjacent to an activating group) is 1. The summed E-state index contributed by atoms with van der Waals surface area (Å²) in [4.78, 5) is 27.5. The molecular formula is C16H21F3N4O4. The lowest BCUT2D eigenvalue weighted by molar-refractivity contribution is -0.192. The third-order valence-corrected chi connectivity index (χ3v) is 3.57. The molecule has 1 aromatic rings. The number of benzene rings is 1. The van der Waals surface area contributed by atoms with Crippen molar-refractivity contribution in [3.63, 3.8) is 0 Å². The Hall–Kier alpha value is -2.66. The van der Waals surface area contributed by atoms with Gasteiger partial charge in [-0.05, 0) is 30.7 Å². The van der Waals surface area contributed by atoms with Crippen molar-refractivity contribution in [3.05, 3.63) is 35.4 Å². The molecule has 1 heterocycles. The van der Waals surface area contributed by atoms with Gasteiger partial charge >= 0.3 is 12.1 Å². The van der Waals surface area contributed by atoms with Gasteiger partial charge in [0.15, 0.2) is 0 Å². The Morgan fingerprint density at radius 2 is 2.15 bits per heavy atom. The number of nitrogens with one attached hydrogen (secondary N) is 2. The molecule has 1 atom stereocenters. The van der Waals surface area contributed by atoms with Crippen LogP contribution in [0.1, 0.15) is 17.5 Å². The van der Waals surface area contributed by atoms with E-state index in [2.05, 4.69) is 20.8 Å². The van der Waals surface area contributed by atoms with Gasteiger partial charge in [-0.25, -0.2) is 4.79 Å². The predicted molar refractivity (Wildman–Crippen MR) is 90.8 cm³/mol. The van der Waals surface area contributed by atoms with E-state index in [0.717, 1.165) is 24.1 Å². The van der Waals surface area contributed by atoms with E-state index in [4.69, 9.17) is 9.90 Å². The molecule has 150 valence electrons. The van der Waals surface area contributed by atoms with Crippen LogP contribution in [0.4, 0.5) is 13.2 Å². The van der Waals surface area contributed by atoms with Crippen LogP contribution >= 0.6 is 0 Å². The van der Waals surface area contributed by atoms with Crippen LogP contribution < -0.4 is 10.9 Å². The van der Waals surface area contributed by atoms with Crippen LogP contribution in [0.15, 0.2) is 29.4 Å². The highest BCUT2D eigenvalue weighted by atomic mass is 19.4. The summed E-state index contributed by atoms with van der Waals surface area (Å²) < 4.78 is 31.7. The third kappa shape index (κ3) is 7.62. The number of carbonyl (C=O) groups excluding carboxylic acids is 1. The average Bonchev–Trinajstić information content (AvgIpc) is 2.95. The molecule has 2 rings (SSSR count). The summed E-state index contributed by atoms with van der Waals surface area (Å²) in [5.74, 6) is -2.58. The molecule has 0 spiro atoms. The smallest absolute Gasteiger partial charge is 0.475 e. The number of carboxylic acid groups (broad SMARTS) is 1. The van der Waals surface area contributed by atoms with Crippen LogP contribution in [-0.4, -0.2) is 61.0 Å². The van der Waals surface area contributed by atoms with Crippen molar-refractivity contribution in [3.8, 4) is 0 Å². The van der Waals surface area contributed by atoms with Crippen molar-refractivity contribution < 1.29 is 32.7 Å². The number of hydrogen-bond acceptors (Lipinski definition) is 6. The van der Waals surface area contributed by atoms with Gasteiger partial charge in [-0.2, -0.15) is 23.9 Å². The van der Waals surface area contributed by atoms with Crippen LogP contribution in [0.5, 0.6) is 0 Å². The van der Waals surface area contributed by atoms with E-state index in [1.165, 1.54) is 7.11 Å². The highest BCUT2D eigenvalue weighted by Gasteiger charge is 2.38. The third-order valence-electron chi connectivity index (χ3n) is 3.57. The number of alkyl halides is 3. The minimum absolute atomic E-state index is 0.0364. The van der Waals surface area contributed by atoms with Gasteiger partial charge in [-0.3, -0.25) is 9.63 Å². The number of carboxylic acids is 1. The molecule has 0 aromatic heterocycles. The molecule has 11 heteroatoms. The van der Waals surface area contributed by atoms with Crippen molar-refractivity contribution in [2.45, 2.75) is 25.2 Å². The van der Waals surface area contributed by atoms with Gasteiger partial charge < -0.3 is 15.3 Å². The summed E-state index contributed by atoms with van der Waals surface area (Å²) in [5.41, 5.74) is 4.46. The zero-order valence-corrected chi connectivity index (χ0v) is 14.8. The number of hydrazone groups is 1.